The molecule has 0 unspecified atom stereocenters. The number of benzene rings is 1. The summed E-state index contributed by atoms with van der Waals surface area (Å²) in [4.78, 5) is 35.9. The van der Waals surface area contributed by atoms with Crippen molar-refractivity contribution in [3.63, 3.8) is 0 Å². The van der Waals surface area contributed by atoms with Crippen LogP contribution in [0.1, 0.15) is 12.8 Å². The molecule has 0 radical (unpaired) electrons. The highest BCUT2D eigenvalue weighted by Crippen LogP contribution is 2.18. The molecule has 2 aromatic rings. The van der Waals surface area contributed by atoms with Gasteiger partial charge in [0.2, 0.25) is 5.91 Å². The molecule has 104 valence electrons. The van der Waals surface area contributed by atoms with E-state index in [2.05, 4.69) is 5.32 Å². The topological polar surface area (TPSA) is 73.1 Å². The Morgan fingerprint density at radius 3 is 2.50 bits per heavy atom. The van der Waals surface area contributed by atoms with E-state index in [1.165, 1.54) is 9.13 Å². The normalized spacial score (nSPS) is 14.4. The molecule has 0 atom stereocenters. The van der Waals surface area contributed by atoms with E-state index in [9.17, 15) is 14.4 Å². The van der Waals surface area contributed by atoms with Crippen LogP contribution in [0.2, 0.25) is 0 Å². The molecule has 1 aromatic heterocycles. The first-order chi connectivity index (χ1) is 9.58. The lowest BCUT2D eigenvalue weighted by molar-refractivity contribution is -0.121. The molecule has 0 aliphatic heterocycles. The summed E-state index contributed by atoms with van der Waals surface area (Å²) in [6.07, 6.45) is 1.97. The third kappa shape index (κ3) is 2.13. The van der Waals surface area contributed by atoms with Gasteiger partial charge in [0, 0.05) is 13.1 Å². The van der Waals surface area contributed by atoms with E-state index in [4.69, 9.17) is 0 Å². The minimum atomic E-state index is -0.669. The van der Waals surface area contributed by atoms with E-state index < -0.39 is 11.1 Å². The van der Waals surface area contributed by atoms with Crippen LogP contribution in [0, 0.1) is 0 Å². The molecule has 1 aliphatic carbocycles. The molecule has 0 bridgehead atoms. The number of rotatable bonds is 3. The zero-order valence-electron chi connectivity index (χ0n) is 11.1. The molecule has 3 rings (SSSR count). The Labute approximate surface area is 114 Å². The minimum Gasteiger partial charge on any atom is -0.352 e. The standard InChI is InChI=1S/C14H15N3O3/c1-16-10-4-2-3-5-11(10)17(14(20)13(16)19)8-12(18)15-9-6-7-9/h2-5,9H,6-8H2,1H3,(H,15,18). The van der Waals surface area contributed by atoms with Gasteiger partial charge in [-0.3, -0.25) is 19.0 Å². The molecule has 0 saturated heterocycles. The van der Waals surface area contributed by atoms with Gasteiger partial charge in [0.15, 0.2) is 0 Å². The van der Waals surface area contributed by atoms with Gasteiger partial charge in [0.05, 0.1) is 11.0 Å². The van der Waals surface area contributed by atoms with E-state index in [0.29, 0.717) is 11.0 Å². The van der Waals surface area contributed by atoms with E-state index >= 15 is 0 Å². The van der Waals surface area contributed by atoms with Crippen LogP contribution in [0.3, 0.4) is 0 Å². The summed E-state index contributed by atoms with van der Waals surface area (Å²) in [5, 5.41) is 2.82. The van der Waals surface area contributed by atoms with Gasteiger partial charge in [0.1, 0.15) is 6.54 Å². The van der Waals surface area contributed by atoms with Crippen LogP contribution >= 0.6 is 0 Å². The predicted octanol–water partition coefficient (Wildman–Crippen LogP) is -0.0212. The number of fused-ring (bicyclic) bond motifs is 1. The van der Waals surface area contributed by atoms with Crippen LogP contribution in [-0.2, 0) is 18.4 Å². The Morgan fingerprint density at radius 2 is 1.85 bits per heavy atom. The van der Waals surface area contributed by atoms with Gasteiger partial charge in [-0.1, -0.05) is 12.1 Å². The van der Waals surface area contributed by atoms with Crippen LogP contribution < -0.4 is 16.4 Å². The summed E-state index contributed by atoms with van der Waals surface area (Å²) in [5.74, 6) is -0.229. The number of aryl methyl sites for hydroxylation is 1. The van der Waals surface area contributed by atoms with E-state index in [0.717, 1.165) is 12.8 Å². The number of para-hydroxylation sites is 2. The summed E-state index contributed by atoms with van der Waals surface area (Å²) in [6, 6.07) is 7.30. The molecule has 6 heteroatoms. The summed E-state index contributed by atoms with van der Waals surface area (Å²) >= 11 is 0. The molecule has 1 fully saturated rings. The average molecular weight is 273 g/mol. The monoisotopic (exact) mass is 273 g/mol. The summed E-state index contributed by atoms with van der Waals surface area (Å²) in [7, 11) is 1.56. The smallest absolute Gasteiger partial charge is 0.317 e. The fourth-order valence-corrected chi connectivity index (χ4v) is 2.26. The van der Waals surface area contributed by atoms with E-state index in [1.54, 1.807) is 31.3 Å². The van der Waals surface area contributed by atoms with Crippen molar-refractivity contribution in [3.8, 4) is 0 Å². The van der Waals surface area contributed by atoms with Gasteiger partial charge in [-0.25, -0.2) is 0 Å². The lowest BCUT2D eigenvalue weighted by Gasteiger charge is -2.12. The zero-order chi connectivity index (χ0) is 14.3. The number of carbonyl (C=O) groups is 1. The number of carbonyl (C=O) groups excluding carboxylic acids is 1. The summed E-state index contributed by atoms with van der Waals surface area (Å²) in [5.41, 5.74) is -0.0677. The van der Waals surface area contributed by atoms with Crippen LogP contribution in [0.4, 0.5) is 0 Å². The van der Waals surface area contributed by atoms with Crippen molar-refractivity contribution in [3.05, 3.63) is 45.0 Å². The van der Waals surface area contributed by atoms with Crippen molar-refractivity contribution >= 4 is 16.9 Å². The first-order valence-corrected chi connectivity index (χ1v) is 6.56. The molecule has 1 amide bonds. The highest BCUT2D eigenvalue weighted by Gasteiger charge is 2.23. The van der Waals surface area contributed by atoms with Crippen molar-refractivity contribution in [2.75, 3.05) is 0 Å². The second kappa shape index (κ2) is 4.63. The quantitative estimate of drug-likeness (QED) is 0.799. The van der Waals surface area contributed by atoms with Gasteiger partial charge >= 0.3 is 11.1 Å². The van der Waals surface area contributed by atoms with Crippen LogP contribution in [0.5, 0.6) is 0 Å². The fourth-order valence-electron chi connectivity index (χ4n) is 2.26. The second-order valence-electron chi connectivity index (χ2n) is 5.09. The van der Waals surface area contributed by atoms with Crippen molar-refractivity contribution < 1.29 is 4.79 Å². The number of amides is 1. The predicted molar refractivity (Wildman–Crippen MR) is 74.6 cm³/mol. The molecule has 1 aliphatic rings. The SMILES string of the molecule is Cn1c(=O)c(=O)n(CC(=O)NC2CC2)c2ccccc21. The third-order valence-corrected chi connectivity index (χ3v) is 3.51. The number of hydrogen-bond acceptors (Lipinski definition) is 3. The van der Waals surface area contributed by atoms with Crippen LogP contribution in [-0.4, -0.2) is 21.1 Å². The molecule has 6 nitrogen and oxygen atoms in total. The molecule has 1 saturated carbocycles. The molecular formula is C14H15N3O3. The Hall–Kier alpha value is -2.37. The van der Waals surface area contributed by atoms with Crippen LogP contribution in [0.15, 0.2) is 33.9 Å². The minimum absolute atomic E-state index is 0.119. The first kappa shape index (κ1) is 12.7. The maximum atomic E-state index is 12.1. The molecule has 1 heterocycles. The van der Waals surface area contributed by atoms with Gasteiger partial charge < -0.3 is 9.88 Å². The average Bonchev–Trinajstić information content (AvgIpc) is 3.25. The van der Waals surface area contributed by atoms with Crippen molar-refractivity contribution in [2.24, 2.45) is 7.05 Å². The van der Waals surface area contributed by atoms with E-state index in [-0.39, 0.29) is 18.5 Å². The largest absolute Gasteiger partial charge is 0.352 e. The highest BCUT2D eigenvalue weighted by molar-refractivity contribution is 5.80. The first-order valence-electron chi connectivity index (χ1n) is 6.56. The number of nitrogens with one attached hydrogen (secondary N) is 1. The maximum absolute atomic E-state index is 12.1. The Bertz CT molecular complexity index is 799. The molecule has 20 heavy (non-hydrogen) atoms. The molecule has 0 spiro atoms. The van der Waals surface area contributed by atoms with Gasteiger partial charge in [0.25, 0.3) is 0 Å². The lowest BCUT2D eigenvalue weighted by Crippen LogP contribution is -2.43. The Morgan fingerprint density at radius 1 is 1.20 bits per heavy atom. The molecule has 1 aromatic carbocycles. The van der Waals surface area contributed by atoms with E-state index in [1.807, 2.05) is 0 Å². The third-order valence-electron chi connectivity index (χ3n) is 3.51. The Kier molecular flexibility index (Phi) is 2.93. The van der Waals surface area contributed by atoms with Gasteiger partial charge in [-0.2, -0.15) is 0 Å². The zero-order valence-corrected chi connectivity index (χ0v) is 11.1. The number of aromatic nitrogens is 2. The highest BCUT2D eigenvalue weighted by atomic mass is 16.2. The van der Waals surface area contributed by atoms with Gasteiger partial charge in [-0.05, 0) is 25.0 Å². The number of hydrogen-bond donors (Lipinski definition) is 1. The van der Waals surface area contributed by atoms with Crippen molar-refractivity contribution in [2.45, 2.75) is 25.4 Å². The van der Waals surface area contributed by atoms with Gasteiger partial charge in [-0.15, -0.1) is 0 Å². The second-order valence-corrected chi connectivity index (χ2v) is 5.09. The summed E-state index contributed by atoms with van der Waals surface area (Å²) in [6.45, 7) is -0.119. The Balaban J connectivity index is 2.11. The van der Waals surface area contributed by atoms with Crippen LogP contribution in [0.25, 0.3) is 11.0 Å². The fraction of sp³-hybridized carbons (Fsp3) is 0.357. The molecular weight excluding hydrogens is 258 g/mol. The summed E-state index contributed by atoms with van der Waals surface area (Å²) < 4.78 is 2.56. The molecule has 1 N–H and O–H groups in total. The number of nitrogens with zero attached hydrogens (tertiary/aromatic N) is 2. The lowest BCUT2D eigenvalue weighted by atomic mass is 10.3. The maximum Gasteiger partial charge on any atom is 0.317 e. The van der Waals surface area contributed by atoms with Crippen molar-refractivity contribution in [1.82, 2.24) is 14.5 Å². The van der Waals surface area contributed by atoms with Crippen molar-refractivity contribution in [1.29, 1.82) is 0 Å².